The van der Waals surface area contributed by atoms with E-state index in [-0.39, 0.29) is 10.7 Å². The van der Waals surface area contributed by atoms with E-state index in [1.54, 1.807) is 49.8 Å². The molecule has 26 heavy (non-hydrogen) atoms. The summed E-state index contributed by atoms with van der Waals surface area (Å²) in [7, 11) is -3.68. The molecule has 0 aliphatic carbocycles. The molecule has 0 unspecified atom stereocenters. The molecule has 0 aliphatic heterocycles. The molecule has 3 rings (SSSR count). The Labute approximate surface area is 153 Å². The average Bonchev–Trinajstić information content (AvgIpc) is 2.64. The summed E-state index contributed by atoms with van der Waals surface area (Å²) in [6.07, 6.45) is 5.10. The first-order valence-corrected chi connectivity index (χ1v) is 9.61. The highest BCUT2D eigenvalue weighted by molar-refractivity contribution is 7.92. The quantitative estimate of drug-likeness (QED) is 0.696. The zero-order chi connectivity index (χ0) is 18.6. The lowest BCUT2D eigenvalue weighted by atomic mass is 10.2. The van der Waals surface area contributed by atoms with Gasteiger partial charge in [-0.1, -0.05) is 18.2 Å². The smallest absolute Gasteiger partial charge is 0.263 e. The zero-order valence-electron chi connectivity index (χ0n) is 14.6. The van der Waals surface area contributed by atoms with E-state index in [2.05, 4.69) is 20.0 Å². The summed E-state index contributed by atoms with van der Waals surface area (Å²) in [5.74, 6) is 0.276. The first-order valence-electron chi connectivity index (χ1n) is 8.13. The van der Waals surface area contributed by atoms with Crippen molar-refractivity contribution in [3.8, 4) is 0 Å². The number of nitrogens with zero attached hydrogens (tertiary/aromatic N) is 2. The first kappa shape index (κ1) is 17.9. The summed E-state index contributed by atoms with van der Waals surface area (Å²) >= 11 is 0. The van der Waals surface area contributed by atoms with Crippen LogP contribution in [0.1, 0.15) is 16.7 Å². The van der Waals surface area contributed by atoms with Crippen LogP contribution in [0.15, 0.2) is 66.0 Å². The summed E-state index contributed by atoms with van der Waals surface area (Å²) in [5, 5.41) is 3.22. The Morgan fingerprint density at radius 3 is 2.58 bits per heavy atom. The molecule has 0 aliphatic rings. The number of rotatable bonds is 6. The Hall–Kier alpha value is -2.93. The lowest BCUT2D eigenvalue weighted by Gasteiger charge is -2.11. The van der Waals surface area contributed by atoms with E-state index in [1.165, 1.54) is 0 Å². The maximum absolute atomic E-state index is 12.6. The highest BCUT2D eigenvalue weighted by Crippen LogP contribution is 2.20. The van der Waals surface area contributed by atoms with Gasteiger partial charge in [-0.15, -0.1) is 0 Å². The fourth-order valence-electron chi connectivity index (χ4n) is 2.46. The van der Waals surface area contributed by atoms with Crippen molar-refractivity contribution in [2.75, 3.05) is 10.0 Å². The predicted molar refractivity (Wildman–Crippen MR) is 103 cm³/mol. The van der Waals surface area contributed by atoms with Crippen molar-refractivity contribution < 1.29 is 8.42 Å². The third-order valence-electron chi connectivity index (χ3n) is 3.86. The van der Waals surface area contributed by atoms with Crippen molar-refractivity contribution in [2.45, 2.75) is 25.3 Å². The van der Waals surface area contributed by atoms with Gasteiger partial charge in [0.2, 0.25) is 0 Å². The lowest BCUT2D eigenvalue weighted by Crippen LogP contribution is -2.15. The molecule has 2 aromatic heterocycles. The van der Waals surface area contributed by atoms with E-state index in [0.717, 1.165) is 16.8 Å². The van der Waals surface area contributed by atoms with Gasteiger partial charge < -0.3 is 5.32 Å². The summed E-state index contributed by atoms with van der Waals surface area (Å²) < 4.78 is 27.7. The van der Waals surface area contributed by atoms with E-state index in [1.807, 2.05) is 25.1 Å². The number of pyridine rings is 2. The molecule has 0 amide bonds. The summed E-state index contributed by atoms with van der Waals surface area (Å²) in [6, 6.07) is 12.6. The van der Waals surface area contributed by atoms with E-state index >= 15 is 0 Å². The molecule has 7 heteroatoms. The summed E-state index contributed by atoms with van der Waals surface area (Å²) in [6.45, 7) is 4.25. The van der Waals surface area contributed by atoms with Gasteiger partial charge in [-0.2, -0.15) is 0 Å². The molecular weight excluding hydrogens is 348 g/mol. The minimum Gasteiger partial charge on any atom is -0.380 e. The number of aryl methyl sites for hydroxylation is 2. The molecule has 0 radical (unpaired) electrons. The van der Waals surface area contributed by atoms with E-state index < -0.39 is 10.0 Å². The van der Waals surface area contributed by atoms with E-state index in [0.29, 0.717) is 12.1 Å². The second-order valence-corrected chi connectivity index (χ2v) is 7.67. The molecule has 1 aromatic carbocycles. The molecule has 2 heterocycles. The van der Waals surface area contributed by atoms with Gasteiger partial charge in [0.05, 0.1) is 16.8 Å². The Balaban J connectivity index is 1.69. The SMILES string of the molecule is Cc1ccc(C)c(S(=O)(=O)Nc2ccc(NCc3cccnc3)cn2)c1. The Bertz CT molecular complexity index is 988. The maximum Gasteiger partial charge on any atom is 0.263 e. The topological polar surface area (TPSA) is 84.0 Å². The Morgan fingerprint density at radius 1 is 1.04 bits per heavy atom. The van der Waals surface area contributed by atoms with Crippen molar-refractivity contribution in [1.29, 1.82) is 0 Å². The van der Waals surface area contributed by atoms with Crippen LogP contribution < -0.4 is 10.0 Å². The minimum atomic E-state index is -3.68. The van der Waals surface area contributed by atoms with Crippen LogP contribution in [0.3, 0.4) is 0 Å². The minimum absolute atomic E-state index is 0.262. The fourth-order valence-corrected chi connectivity index (χ4v) is 3.79. The van der Waals surface area contributed by atoms with Gasteiger partial charge in [0.15, 0.2) is 0 Å². The zero-order valence-corrected chi connectivity index (χ0v) is 15.4. The molecule has 134 valence electrons. The maximum atomic E-state index is 12.6. The van der Waals surface area contributed by atoms with Gasteiger partial charge in [-0.05, 0) is 54.8 Å². The first-order chi connectivity index (χ1) is 12.4. The van der Waals surface area contributed by atoms with Crippen molar-refractivity contribution in [2.24, 2.45) is 0 Å². The highest BCUT2D eigenvalue weighted by Gasteiger charge is 2.17. The van der Waals surface area contributed by atoms with Crippen LogP contribution in [0, 0.1) is 13.8 Å². The lowest BCUT2D eigenvalue weighted by molar-refractivity contribution is 0.600. The number of sulfonamides is 1. The van der Waals surface area contributed by atoms with Gasteiger partial charge >= 0.3 is 0 Å². The average molecular weight is 368 g/mol. The number of benzene rings is 1. The number of anilines is 2. The van der Waals surface area contributed by atoms with Crippen LogP contribution >= 0.6 is 0 Å². The fraction of sp³-hybridized carbons (Fsp3) is 0.158. The monoisotopic (exact) mass is 368 g/mol. The molecule has 0 saturated carbocycles. The molecule has 6 nitrogen and oxygen atoms in total. The van der Waals surface area contributed by atoms with Gasteiger partial charge in [0.1, 0.15) is 5.82 Å². The summed E-state index contributed by atoms with van der Waals surface area (Å²) in [4.78, 5) is 8.51. The van der Waals surface area contributed by atoms with Gasteiger partial charge in [0, 0.05) is 18.9 Å². The van der Waals surface area contributed by atoms with Crippen LogP contribution in [-0.4, -0.2) is 18.4 Å². The second kappa shape index (κ2) is 7.53. The summed E-state index contributed by atoms with van der Waals surface area (Å²) in [5.41, 5.74) is 3.42. The second-order valence-electron chi connectivity index (χ2n) is 6.02. The van der Waals surface area contributed by atoms with Gasteiger partial charge in [-0.3, -0.25) is 9.71 Å². The van der Waals surface area contributed by atoms with Gasteiger partial charge in [0.25, 0.3) is 10.0 Å². The standard InChI is InChI=1S/C19H20N4O2S/c1-14-5-6-15(2)18(10-14)26(24,25)23-19-8-7-17(13-22-19)21-12-16-4-3-9-20-11-16/h3-11,13,21H,12H2,1-2H3,(H,22,23). The number of aromatic nitrogens is 2. The molecule has 0 bridgehead atoms. The Kier molecular flexibility index (Phi) is 5.18. The molecule has 3 aromatic rings. The van der Waals surface area contributed by atoms with E-state index in [4.69, 9.17) is 0 Å². The molecule has 0 saturated heterocycles. The molecule has 0 atom stereocenters. The van der Waals surface area contributed by atoms with Crippen molar-refractivity contribution in [3.63, 3.8) is 0 Å². The van der Waals surface area contributed by atoms with Crippen LogP contribution in [0.4, 0.5) is 11.5 Å². The van der Waals surface area contributed by atoms with Crippen LogP contribution in [0.5, 0.6) is 0 Å². The van der Waals surface area contributed by atoms with E-state index in [9.17, 15) is 8.42 Å². The largest absolute Gasteiger partial charge is 0.380 e. The number of hydrogen-bond acceptors (Lipinski definition) is 5. The van der Waals surface area contributed by atoms with Gasteiger partial charge in [-0.25, -0.2) is 13.4 Å². The third-order valence-corrected chi connectivity index (χ3v) is 5.35. The Morgan fingerprint density at radius 2 is 1.88 bits per heavy atom. The number of nitrogens with one attached hydrogen (secondary N) is 2. The van der Waals surface area contributed by atoms with Crippen LogP contribution in [-0.2, 0) is 16.6 Å². The van der Waals surface area contributed by atoms with Crippen LogP contribution in [0.25, 0.3) is 0 Å². The highest BCUT2D eigenvalue weighted by atomic mass is 32.2. The van der Waals surface area contributed by atoms with Crippen molar-refractivity contribution in [3.05, 3.63) is 77.7 Å². The molecule has 0 spiro atoms. The number of hydrogen-bond donors (Lipinski definition) is 2. The molecule has 0 fully saturated rings. The van der Waals surface area contributed by atoms with Crippen molar-refractivity contribution in [1.82, 2.24) is 9.97 Å². The van der Waals surface area contributed by atoms with Crippen molar-refractivity contribution >= 4 is 21.5 Å². The molecule has 2 N–H and O–H groups in total. The third kappa shape index (κ3) is 4.37. The normalized spacial score (nSPS) is 11.2. The molecular formula is C19H20N4O2S. The predicted octanol–water partition coefficient (Wildman–Crippen LogP) is 3.51. The van der Waals surface area contributed by atoms with Crippen LogP contribution in [0.2, 0.25) is 0 Å².